The van der Waals surface area contributed by atoms with Gasteiger partial charge in [-0.25, -0.2) is 4.79 Å². The third-order valence-electron chi connectivity index (χ3n) is 2.07. The molecule has 0 aromatic rings. The lowest BCUT2D eigenvalue weighted by Gasteiger charge is -2.20. The first-order valence-electron chi connectivity index (χ1n) is 4.35. The Labute approximate surface area is 73.0 Å². The molecule has 0 aromatic heterocycles. The maximum absolute atomic E-state index is 11.3. The monoisotopic (exact) mass is 169 g/mol. The number of ether oxygens (including phenoxy) is 1. The Balaban J connectivity index is 2.49. The number of amides is 1. The Morgan fingerprint density at radius 2 is 2.58 bits per heavy atom. The van der Waals surface area contributed by atoms with E-state index in [0.717, 1.165) is 19.4 Å². The van der Waals surface area contributed by atoms with Gasteiger partial charge >= 0.3 is 6.09 Å². The first-order chi connectivity index (χ1) is 5.79. The highest BCUT2D eigenvalue weighted by molar-refractivity contribution is 5.68. The zero-order valence-electron chi connectivity index (χ0n) is 7.45. The molecule has 0 bridgehead atoms. The van der Waals surface area contributed by atoms with Crippen LogP contribution in [0.3, 0.4) is 0 Å². The van der Waals surface area contributed by atoms with E-state index in [1.807, 2.05) is 13.0 Å². The molecular weight excluding hydrogens is 154 g/mol. The fourth-order valence-electron chi connectivity index (χ4n) is 1.47. The molecule has 68 valence electrons. The Bertz CT molecular complexity index is 179. The van der Waals surface area contributed by atoms with E-state index in [-0.39, 0.29) is 12.1 Å². The highest BCUT2D eigenvalue weighted by atomic mass is 16.6. The molecule has 1 aliphatic rings. The van der Waals surface area contributed by atoms with Crippen LogP contribution in [-0.2, 0) is 4.74 Å². The van der Waals surface area contributed by atoms with Gasteiger partial charge in [-0.05, 0) is 19.8 Å². The number of likely N-dealkylation sites (tertiary alicyclic amines) is 1. The molecule has 1 heterocycles. The van der Waals surface area contributed by atoms with Crippen molar-refractivity contribution in [2.75, 3.05) is 13.2 Å². The van der Waals surface area contributed by atoms with Crippen molar-refractivity contribution in [1.29, 1.82) is 0 Å². The fraction of sp³-hybridized carbons (Fsp3) is 0.667. The maximum Gasteiger partial charge on any atom is 0.410 e. The lowest BCUT2D eigenvalue weighted by atomic mass is 10.2. The summed E-state index contributed by atoms with van der Waals surface area (Å²) in [5.41, 5.74) is 0. The first-order valence-corrected chi connectivity index (χ1v) is 4.35. The first kappa shape index (κ1) is 9.10. The SMILES string of the molecule is C=C[C@@H]1CCCN1C(=O)OCC. The fourth-order valence-corrected chi connectivity index (χ4v) is 1.47. The molecule has 1 rings (SSSR count). The molecule has 0 unspecified atom stereocenters. The average Bonchev–Trinajstić information content (AvgIpc) is 2.51. The third kappa shape index (κ3) is 1.78. The van der Waals surface area contributed by atoms with E-state index < -0.39 is 0 Å². The molecule has 0 aliphatic carbocycles. The van der Waals surface area contributed by atoms with Crippen LogP contribution in [0.1, 0.15) is 19.8 Å². The highest BCUT2D eigenvalue weighted by Gasteiger charge is 2.26. The number of carbonyl (C=O) groups excluding carboxylic acids is 1. The molecule has 0 spiro atoms. The molecule has 3 nitrogen and oxygen atoms in total. The van der Waals surface area contributed by atoms with Crippen LogP contribution in [0.2, 0.25) is 0 Å². The zero-order chi connectivity index (χ0) is 8.97. The van der Waals surface area contributed by atoms with Crippen LogP contribution >= 0.6 is 0 Å². The van der Waals surface area contributed by atoms with Gasteiger partial charge in [0.1, 0.15) is 0 Å². The third-order valence-corrected chi connectivity index (χ3v) is 2.07. The van der Waals surface area contributed by atoms with Crippen molar-refractivity contribution in [1.82, 2.24) is 4.90 Å². The van der Waals surface area contributed by atoms with Gasteiger partial charge < -0.3 is 9.64 Å². The average molecular weight is 169 g/mol. The molecule has 12 heavy (non-hydrogen) atoms. The molecule has 1 amide bonds. The predicted octanol–water partition coefficient (Wildman–Crippen LogP) is 1.79. The molecule has 1 fully saturated rings. The van der Waals surface area contributed by atoms with Crippen LogP contribution in [0, 0.1) is 0 Å². The van der Waals surface area contributed by atoms with E-state index in [0.29, 0.717) is 6.61 Å². The summed E-state index contributed by atoms with van der Waals surface area (Å²) in [6.45, 7) is 6.75. The van der Waals surface area contributed by atoms with E-state index in [2.05, 4.69) is 6.58 Å². The van der Waals surface area contributed by atoms with Gasteiger partial charge in [-0.1, -0.05) is 6.08 Å². The largest absolute Gasteiger partial charge is 0.450 e. The van der Waals surface area contributed by atoms with Crippen molar-refractivity contribution in [2.45, 2.75) is 25.8 Å². The summed E-state index contributed by atoms with van der Waals surface area (Å²) < 4.78 is 4.90. The predicted molar refractivity (Wildman–Crippen MR) is 46.9 cm³/mol. The van der Waals surface area contributed by atoms with Gasteiger partial charge in [-0.3, -0.25) is 0 Å². The molecule has 1 aliphatic heterocycles. The van der Waals surface area contributed by atoms with Crippen LogP contribution < -0.4 is 0 Å². The minimum Gasteiger partial charge on any atom is -0.450 e. The van der Waals surface area contributed by atoms with Crippen molar-refractivity contribution < 1.29 is 9.53 Å². The molecule has 1 atom stereocenters. The van der Waals surface area contributed by atoms with Crippen LogP contribution in [0.4, 0.5) is 4.79 Å². The van der Waals surface area contributed by atoms with Gasteiger partial charge in [0.15, 0.2) is 0 Å². The number of hydrogen-bond acceptors (Lipinski definition) is 2. The Morgan fingerprint density at radius 3 is 3.17 bits per heavy atom. The zero-order valence-corrected chi connectivity index (χ0v) is 7.45. The summed E-state index contributed by atoms with van der Waals surface area (Å²) in [5, 5.41) is 0. The van der Waals surface area contributed by atoms with E-state index in [9.17, 15) is 4.79 Å². The van der Waals surface area contributed by atoms with Crippen molar-refractivity contribution in [3.63, 3.8) is 0 Å². The second-order valence-corrected chi connectivity index (χ2v) is 2.84. The second-order valence-electron chi connectivity index (χ2n) is 2.84. The van der Waals surface area contributed by atoms with Crippen molar-refractivity contribution in [2.24, 2.45) is 0 Å². The lowest BCUT2D eigenvalue weighted by molar-refractivity contribution is 0.109. The van der Waals surface area contributed by atoms with Gasteiger partial charge in [-0.2, -0.15) is 0 Å². The molecule has 0 saturated carbocycles. The summed E-state index contributed by atoms with van der Waals surface area (Å²) >= 11 is 0. The standard InChI is InChI=1S/C9H15NO2/c1-3-8-6-5-7-10(8)9(11)12-4-2/h3,8H,1,4-7H2,2H3/t8-/m1/s1. The van der Waals surface area contributed by atoms with Gasteiger partial charge in [0.25, 0.3) is 0 Å². The summed E-state index contributed by atoms with van der Waals surface area (Å²) in [6.07, 6.45) is 3.67. The second kappa shape index (κ2) is 4.14. The quantitative estimate of drug-likeness (QED) is 0.590. The van der Waals surface area contributed by atoms with E-state index >= 15 is 0 Å². The van der Waals surface area contributed by atoms with Crippen molar-refractivity contribution in [3.8, 4) is 0 Å². The number of hydrogen-bond donors (Lipinski definition) is 0. The van der Waals surface area contributed by atoms with Gasteiger partial charge in [0.05, 0.1) is 12.6 Å². The summed E-state index contributed by atoms with van der Waals surface area (Å²) in [5.74, 6) is 0. The summed E-state index contributed by atoms with van der Waals surface area (Å²) in [4.78, 5) is 13.0. The molecule has 0 aromatic carbocycles. The molecule has 3 heteroatoms. The topological polar surface area (TPSA) is 29.5 Å². The maximum atomic E-state index is 11.3. The van der Waals surface area contributed by atoms with Crippen molar-refractivity contribution >= 4 is 6.09 Å². The van der Waals surface area contributed by atoms with Crippen LogP contribution in [0.5, 0.6) is 0 Å². The summed E-state index contributed by atoms with van der Waals surface area (Å²) in [6, 6.07) is 0.184. The Kier molecular flexibility index (Phi) is 3.14. The minimum absolute atomic E-state index is 0.184. The van der Waals surface area contributed by atoms with Gasteiger partial charge in [-0.15, -0.1) is 6.58 Å². The molecule has 1 saturated heterocycles. The Morgan fingerprint density at radius 1 is 1.83 bits per heavy atom. The number of nitrogens with zero attached hydrogens (tertiary/aromatic N) is 1. The number of carbonyl (C=O) groups is 1. The minimum atomic E-state index is -0.208. The van der Waals surface area contributed by atoms with Crippen LogP contribution in [0.15, 0.2) is 12.7 Å². The molecule has 0 N–H and O–H groups in total. The molecule has 0 radical (unpaired) electrons. The normalized spacial score (nSPS) is 22.4. The highest BCUT2D eigenvalue weighted by Crippen LogP contribution is 2.18. The van der Waals surface area contributed by atoms with Gasteiger partial charge in [0.2, 0.25) is 0 Å². The van der Waals surface area contributed by atoms with Crippen LogP contribution in [-0.4, -0.2) is 30.2 Å². The lowest BCUT2D eigenvalue weighted by Crippen LogP contribution is -2.34. The Hall–Kier alpha value is -0.990. The smallest absolute Gasteiger partial charge is 0.410 e. The summed E-state index contributed by atoms with van der Waals surface area (Å²) in [7, 11) is 0. The van der Waals surface area contributed by atoms with Gasteiger partial charge in [0, 0.05) is 6.54 Å². The van der Waals surface area contributed by atoms with Crippen molar-refractivity contribution in [3.05, 3.63) is 12.7 Å². The van der Waals surface area contributed by atoms with E-state index in [1.165, 1.54) is 0 Å². The van der Waals surface area contributed by atoms with Crippen LogP contribution in [0.25, 0.3) is 0 Å². The van der Waals surface area contributed by atoms with E-state index in [1.54, 1.807) is 4.90 Å². The number of rotatable bonds is 2. The van der Waals surface area contributed by atoms with E-state index in [4.69, 9.17) is 4.74 Å². The molecular formula is C9H15NO2.